The van der Waals surface area contributed by atoms with E-state index in [1.807, 2.05) is 0 Å². The second-order valence-corrected chi connectivity index (χ2v) is 6.15. The normalized spacial score (nSPS) is 18.9. The maximum atomic E-state index is 12.5. The molecule has 7 nitrogen and oxygen atoms in total. The summed E-state index contributed by atoms with van der Waals surface area (Å²) in [7, 11) is 0. The first-order chi connectivity index (χ1) is 11.0. The van der Waals surface area contributed by atoms with Crippen LogP contribution in [-0.4, -0.2) is 78.0 Å². The number of hydrogen-bond acceptors (Lipinski definition) is 4. The molecule has 0 aromatic carbocycles. The summed E-state index contributed by atoms with van der Waals surface area (Å²) >= 11 is 0. The molecular formula is C16H27N3O4. The third kappa shape index (κ3) is 4.59. The van der Waals surface area contributed by atoms with Crippen molar-refractivity contribution in [2.45, 2.75) is 45.6 Å². The molecule has 0 N–H and O–H groups in total. The fraction of sp³-hybridized carbons (Fsp3) is 0.812. The van der Waals surface area contributed by atoms with Crippen molar-refractivity contribution in [3.63, 3.8) is 0 Å². The van der Waals surface area contributed by atoms with E-state index >= 15 is 0 Å². The van der Waals surface area contributed by atoms with Gasteiger partial charge in [-0.25, -0.2) is 4.79 Å². The van der Waals surface area contributed by atoms with Crippen LogP contribution in [0, 0.1) is 0 Å². The SMILES string of the molecule is CCOC(=O)N1CCN(C(=O)CN(C(C)=O)C2CCCC2)CC1. The smallest absolute Gasteiger partial charge is 0.409 e. The van der Waals surface area contributed by atoms with Crippen molar-refractivity contribution in [2.75, 3.05) is 39.3 Å². The van der Waals surface area contributed by atoms with Gasteiger partial charge >= 0.3 is 6.09 Å². The summed E-state index contributed by atoms with van der Waals surface area (Å²) in [5.41, 5.74) is 0. The fourth-order valence-corrected chi connectivity index (χ4v) is 3.31. The minimum Gasteiger partial charge on any atom is -0.450 e. The molecule has 0 radical (unpaired) electrons. The first-order valence-corrected chi connectivity index (χ1v) is 8.49. The Kier molecular flexibility index (Phi) is 6.24. The Labute approximate surface area is 137 Å². The van der Waals surface area contributed by atoms with Crippen LogP contribution in [-0.2, 0) is 14.3 Å². The van der Waals surface area contributed by atoms with Gasteiger partial charge in [-0.1, -0.05) is 12.8 Å². The van der Waals surface area contributed by atoms with Crippen molar-refractivity contribution < 1.29 is 19.1 Å². The molecule has 0 aromatic rings. The Morgan fingerprint density at radius 3 is 2.13 bits per heavy atom. The summed E-state index contributed by atoms with van der Waals surface area (Å²) in [4.78, 5) is 41.1. The third-order valence-corrected chi connectivity index (χ3v) is 4.63. The van der Waals surface area contributed by atoms with Gasteiger partial charge in [0.05, 0.1) is 13.2 Å². The van der Waals surface area contributed by atoms with Gasteiger partial charge in [-0.05, 0) is 19.8 Å². The summed E-state index contributed by atoms with van der Waals surface area (Å²) in [6.45, 7) is 5.76. The molecule has 1 aliphatic carbocycles. The number of carbonyl (C=O) groups excluding carboxylic acids is 3. The number of rotatable bonds is 4. The van der Waals surface area contributed by atoms with Crippen LogP contribution in [0.2, 0.25) is 0 Å². The van der Waals surface area contributed by atoms with Crippen LogP contribution in [0.5, 0.6) is 0 Å². The lowest BCUT2D eigenvalue weighted by Crippen LogP contribution is -2.53. The van der Waals surface area contributed by atoms with E-state index in [1.165, 1.54) is 6.92 Å². The summed E-state index contributed by atoms with van der Waals surface area (Å²) in [5.74, 6) is -0.0639. The molecule has 0 atom stereocenters. The number of ether oxygens (including phenoxy) is 1. The highest BCUT2D eigenvalue weighted by atomic mass is 16.6. The van der Waals surface area contributed by atoms with Crippen LogP contribution in [0.4, 0.5) is 4.79 Å². The number of piperazine rings is 1. The van der Waals surface area contributed by atoms with Crippen molar-refractivity contribution in [1.29, 1.82) is 0 Å². The zero-order valence-electron chi connectivity index (χ0n) is 14.1. The fourth-order valence-electron chi connectivity index (χ4n) is 3.31. The number of carbonyl (C=O) groups is 3. The minimum absolute atomic E-state index is 0.0318. The molecule has 1 heterocycles. The molecule has 0 unspecified atom stereocenters. The molecule has 2 aliphatic rings. The standard InChI is InChI=1S/C16H27N3O4/c1-3-23-16(22)18-10-8-17(9-11-18)15(21)12-19(13(2)20)14-6-4-5-7-14/h14H,3-12H2,1-2H3. The number of amides is 3. The molecule has 3 amide bonds. The highest BCUT2D eigenvalue weighted by Gasteiger charge is 2.30. The topological polar surface area (TPSA) is 70.2 Å². The van der Waals surface area contributed by atoms with Gasteiger partial charge < -0.3 is 19.4 Å². The summed E-state index contributed by atoms with van der Waals surface area (Å²) in [6.07, 6.45) is 3.91. The average molecular weight is 325 g/mol. The lowest BCUT2D eigenvalue weighted by atomic mass is 10.2. The molecule has 0 spiro atoms. The van der Waals surface area contributed by atoms with Crippen LogP contribution in [0.15, 0.2) is 0 Å². The van der Waals surface area contributed by atoms with E-state index in [4.69, 9.17) is 4.74 Å². The lowest BCUT2D eigenvalue weighted by Gasteiger charge is -2.36. The summed E-state index contributed by atoms with van der Waals surface area (Å²) < 4.78 is 4.97. The van der Waals surface area contributed by atoms with Gasteiger partial charge in [-0.15, -0.1) is 0 Å². The minimum atomic E-state index is -0.323. The zero-order valence-corrected chi connectivity index (χ0v) is 14.1. The van der Waals surface area contributed by atoms with Gasteiger partial charge in [0, 0.05) is 39.1 Å². The van der Waals surface area contributed by atoms with Gasteiger partial charge in [0.15, 0.2) is 0 Å². The molecule has 2 rings (SSSR count). The van der Waals surface area contributed by atoms with Crippen molar-refractivity contribution >= 4 is 17.9 Å². The maximum Gasteiger partial charge on any atom is 0.409 e. The van der Waals surface area contributed by atoms with Gasteiger partial charge in [0.2, 0.25) is 11.8 Å². The van der Waals surface area contributed by atoms with Crippen molar-refractivity contribution in [3.8, 4) is 0 Å². The molecule has 1 aliphatic heterocycles. The van der Waals surface area contributed by atoms with E-state index in [-0.39, 0.29) is 30.5 Å². The molecular weight excluding hydrogens is 298 g/mol. The lowest BCUT2D eigenvalue weighted by molar-refractivity contribution is -0.142. The number of nitrogens with zero attached hydrogens (tertiary/aromatic N) is 3. The van der Waals surface area contributed by atoms with Gasteiger partial charge in [0.1, 0.15) is 0 Å². The van der Waals surface area contributed by atoms with Crippen LogP contribution >= 0.6 is 0 Å². The Morgan fingerprint density at radius 2 is 1.61 bits per heavy atom. The van der Waals surface area contributed by atoms with Crippen LogP contribution in [0.1, 0.15) is 39.5 Å². The highest BCUT2D eigenvalue weighted by Crippen LogP contribution is 2.23. The largest absolute Gasteiger partial charge is 0.450 e. The molecule has 2 fully saturated rings. The molecule has 130 valence electrons. The molecule has 7 heteroatoms. The number of hydrogen-bond donors (Lipinski definition) is 0. The first kappa shape index (κ1) is 17.6. The maximum absolute atomic E-state index is 12.5. The highest BCUT2D eigenvalue weighted by molar-refractivity contribution is 5.84. The Hall–Kier alpha value is -1.79. The van der Waals surface area contributed by atoms with Crippen molar-refractivity contribution in [1.82, 2.24) is 14.7 Å². The van der Waals surface area contributed by atoms with E-state index < -0.39 is 0 Å². The molecule has 1 saturated carbocycles. The van der Waals surface area contributed by atoms with Crippen LogP contribution in [0.3, 0.4) is 0 Å². The summed E-state index contributed by atoms with van der Waals surface area (Å²) in [6, 6.07) is 0.206. The predicted molar refractivity (Wildman–Crippen MR) is 84.8 cm³/mol. The quantitative estimate of drug-likeness (QED) is 0.775. The Morgan fingerprint density at radius 1 is 1.04 bits per heavy atom. The first-order valence-electron chi connectivity index (χ1n) is 8.49. The molecule has 23 heavy (non-hydrogen) atoms. The monoisotopic (exact) mass is 325 g/mol. The second kappa shape index (κ2) is 8.17. The molecule has 1 saturated heterocycles. The van der Waals surface area contributed by atoms with E-state index in [2.05, 4.69) is 0 Å². The average Bonchev–Trinajstić information content (AvgIpc) is 3.06. The van der Waals surface area contributed by atoms with Crippen molar-refractivity contribution in [3.05, 3.63) is 0 Å². The van der Waals surface area contributed by atoms with E-state index in [0.29, 0.717) is 32.8 Å². The second-order valence-electron chi connectivity index (χ2n) is 6.15. The van der Waals surface area contributed by atoms with E-state index in [9.17, 15) is 14.4 Å². The third-order valence-electron chi connectivity index (χ3n) is 4.63. The summed E-state index contributed by atoms with van der Waals surface area (Å²) in [5, 5.41) is 0. The molecule has 0 aromatic heterocycles. The zero-order chi connectivity index (χ0) is 16.8. The van der Waals surface area contributed by atoms with Gasteiger partial charge in [-0.3, -0.25) is 9.59 Å². The predicted octanol–water partition coefficient (Wildman–Crippen LogP) is 1.08. The van der Waals surface area contributed by atoms with Crippen LogP contribution in [0.25, 0.3) is 0 Å². The molecule has 0 bridgehead atoms. The van der Waals surface area contributed by atoms with E-state index in [0.717, 1.165) is 25.7 Å². The van der Waals surface area contributed by atoms with Crippen LogP contribution < -0.4 is 0 Å². The van der Waals surface area contributed by atoms with Gasteiger partial charge in [-0.2, -0.15) is 0 Å². The van der Waals surface area contributed by atoms with Gasteiger partial charge in [0.25, 0.3) is 0 Å². The van der Waals surface area contributed by atoms with E-state index in [1.54, 1.807) is 21.6 Å². The Bertz CT molecular complexity index is 441. The van der Waals surface area contributed by atoms with Crippen molar-refractivity contribution in [2.24, 2.45) is 0 Å². The Balaban J connectivity index is 1.84.